The highest BCUT2D eigenvalue weighted by molar-refractivity contribution is 5.89. The van der Waals surface area contributed by atoms with E-state index in [0.717, 1.165) is 51.2 Å². The minimum atomic E-state index is 1.05. The Morgan fingerprint density at radius 2 is 0.489 bits per heavy atom. The zero-order valence-electron chi connectivity index (χ0n) is 26.7. The fourth-order valence-corrected chi connectivity index (χ4v) is 6.15. The molecule has 0 heterocycles. The third-order valence-electron chi connectivity index (χ3n) is 8.24. The molecule has 3 nitrogen and oxygen atoms in total. The van der Waals surface area contributed by atoms with Crippen LogP contribution in [-0.2, 0) is 0 Å². The van der Waals surface area contributed by atoms with E-state index in [0.29, 0.717) is 0 Å². The van der Waals surface area contributed by atoms with Crippen LogP contribution in [0.2, 0.25) is 0 Å². The lowest BCUT2D eigenvalue weighted by molar-refractivity contribution is 1.22. The number of hydrogen-bond acceptors (Lipinski definition) is 3. The summed E-state index contributed by atoms with van der Waals surface area (Å²) in [6.07, 6.45) is 0. The molecule has 0 atom stereocenters. The molecule has 0 bridgehead atoms. The molecule has 0 aromatic heterocycles. The Morgan fingerprint density at radius 1 is 0.234 bits per heavy atom. The second-order valence-corrected chi connectivity index (χ2v) is 11.7. The molecule has 0 aliphatic rings. The van der Waals surface area contributed by atoms with Gasteiger partial charge in [0.25, 0.3) is 0 Å². The maximum absolute atomic E-state index is 2.35. The van der Waals surface area contributed by atoms with Crippen LogP contribution in [0.15, 0.2) is 188 Å². The van der Waals surface area contributed by atoms with Crippen LogP contribution in [0.1, 0.15) is 11.1 Å². The Morgan fingerprint density at radius 3 is 0.766 bits per heavy atom. The molecule has 7 rings (SSSR count). The van der Waals surface area contributed by atoms with Gasteiger partial charge in [0.05, 0.1) is 17.1 Å². The molecule has 0 radical (unpaired) electrons. The molecule has 0 fully saturated rings. The van der Waals surface area contributed by atoms with Crippen molar-refractivity contribution in [2.75, 3.05) is 14.7 Å². The van der Waals surface area contributed by atoms with E-state index >= 15 is 0 Å². The Hall–Kier alpha value is -6.06. The Labute approximate surface area is 278 Å². The molecule has 0 N–H and O–H groups in total. The topological polar surface area (TPSA) is 9.72 Å². The predicted molar refractivity (Wildman–Crippen MR) is 200 cm³/mol. The molecule has 0 spiro atoms. The number of anilines is 9. The molecule has 228 valence electrons. The molecule has 0 aliphatic carbocycles. The second kappa shape index (κ2) is 13.5. The van der Waals surface area contributed by atoms with E-state index in [4.69, 9.17) is 0 Å². The second-order valence-electron chi connectivity index (χ2n) is 11.7. The van der Waals surface area contributed by atoms with Crippen LogP contribution in [0, 0.1) is 13.8 Å². The first-order chi connectivity index (χ1) is 23.1. The van der Waals surface area contributed by atoms with Crippen LogP contribution in [0.4, 0.5) is 51.2 Å². The van der Waals surface area contributed by atoms with Crippen molar-refractivity contribution in [3.63, 3.8) is 0 Å². The van der Waals surface area contributed by atoms with Gasteiger partial charge in [-0.1, -0.05) is 97.1 Å². The third kappa shape index (κ3) is 6.51. The van der Waals surface area contributed by atoms with Gasteiger partial charge in [-0.2, -0.15) is 0 Å². The lowest BCUT2D eigenvalue weighted by atomic mass is 10.1. The fourth-order valence-electron chi connectivity index (χ4n) is 6.15. The summed E-state index contributed by atoms with van der Waals surface area (Å²) >= 11 is 0. The largest absolute Gasteiger partial charge is 0.310 e. The maximum atomic E-state index is 2.35. The number of aryl methyl sites for hydroxylation is 2. The smallest absolute Gasteiger partial charge is 0.0503 e. The first-order valence-electron chi connectivity index (χ1n) is 16.0. The highest BCUT2D eigenvalue weighted by atomic mass is 15.2. The number of hydrogen-bond donors (Lipinski definition) is 0. The molecule has 3 heteroatoms. The van der Waals surface area contributed by atoms with Crippen LogP contribution in [0.5, 0.6) is 0 Å². The summed E-state index contributed by atoms with van der Waals surface area (Å²) in [5.74, 6) is 0. The van der Waals surface area contributed by atoms with Gasteiger partial charge in [0.2, 0.25) is 0 Å². The average Bonchev–Trinajstić information content (AvgIpc) is 3.11. The van der Waals surface area contributed by atoms with Crippen LogP contribution < -0.4 is 14.7 Å². The number of para-hydroxylation sites is 4. The minimum absolute atomic E-state index is 1.05. The molecule has 0 saturated carbocycles. The molecule has 0 amide bonds. The van der Waals surface area contributed by atoms with Gasteiger partial charge < -0.3 is 14.7 Å². The summed E-state index contributed by atoms with van der Waals surface area (Å²) in [5, 5.41) is 0. The number of rotatable bonds is 9. The molecule has 7 aromatic rings. The third-order valence-corrected chi connectivity index (χ3v) is 8.24. The van der Waals surface area contributed by atoms with Gasteiger partial charge in [-0.3, -0.25) is 0 Å². The van der Waals surface area contributed by atoms with E-state index in [1.165, 1.54) is 11.1 Å². The van der Waals surface area contributed by atoms with Crippen LogP contribution in [0.25, 0.3) is 0 Å². The number of nitrogens with zero attached hydrogens (tertiary/aromatic N) is 3. The Bertz CT molecular complexity index is 1910. The molecular formula is C44H37N3. The number of benzene rings is 7. The summed E-state index contributed by atoms with van der Waals surface area (Å²) < 4.78 is 0. The lowest BCUT2D eigenvalue weighted by Crippen LogP contribution is -2.16. The maximum Gasteiger partial charge on any atom is 0.0503 e. The monoisotopic (exact) mass is 607 g/mol. The first-order valence-corrected chi connectivity index (χ1v) is 16.0. The van der Waals surface area contributed by atoms with Gasteiger partial charge in [0.15, 0.2) is 0 Å². The average molecular weight is 608 g/mol. The van der Waals surface area contributed by atoms with Gasteiger partial charge >= 0.3 is 0 Å². The van der Waals surface area contributed by atoms with Crippen molar-refractivity contribution in [2.45, 2.75) is 13.8 Å². The van der Waals surface area contributed by atoms with E-state index in [1.54, 1.807) is 0 Å². The van der Waals surface area contributed by atoms with Crippen LogP contribution >= 0.6 is 0 Å². The van der Waals surface area contributed by atoms with Gasteiger partial charge in [-0.25, -0.2) is 0 Å². The fraction of sp³-hybridized carbons (Fsp3) is 0.0455. The standard InChI is InChI=1S/C44H37N3/c1-34-17-15-27-40(29-34)46(38-23-11-5-12-24-38)43-31-42(45(36-19-7-3-8-20-36)37-21-9-4-10-22-37)32-44(33-43)47(39-25-13-6-14-26-39)41-28-16-18-35(2)30-41/h3-33H,1-2H3. The zero-order chi connectivity index (χ0) is 32.0. The van der Waals surface area contributed by atoms with Crippen molar-refractivity contribution in [1.29, 1.82) is 0 Å². The highest BCUT2D eigenvalue weighted by Gasteiger charge is 2.22. The van der Waals surface area contributed by atoms with Crippen molar-refractivity contribution in [3.8, 4) is 0 Å². The predicted octanol–water partition coefficient (Wildman–Crippen LogP) is 12.7. The van der Waals surface area contributed by atoms with Crippen LogP contribution in [0.3, 0.4) is 0 Å². The first kappa shape index (κ1) is 29.6. The quantitative estimate of drug-likeness (QED) is 0.162. The molecule has 7 aromatic carbocycles. The Kier molecular flexibility index (Phi) is 8.52. The van der Waals surface area contributed by atoms with Crippen molar-refractivity contribution in [1.82, 2.24) is 0 Å². The van der Waals surface area contributed by atoms with Crippen LogP contribution in [-0.4, -0.2) is 0 Å². The van der Waals surface area contributed by atoms with E-state index < -0.39 is 0 Å². The Balaban J connectivity index is 1.54. The molecule has 0 unspecified atom stereocenters. The molecule has 0 aliphatic heterocycles. The van der Waals surface area contributed by atoms with E-state index in [1.807, 2.05) is 0 Å². The summed E-state index contributed by atoms with van der Waals surface area (Å²) in [7, 11) is 0. The van der Waals surface area contributed by atoms with Gasteiger partial charge in [0.1, 0.15) is 0 Å². The molecular weight excluding hydrogens is 571 g/mol. The highest BCUT2D eigenvalue weighted by Crippen LogP contribution is 2.45. The summed E-state index contributed by atoms with van der Waals surface area (Å²) in [6.45, 7) is 4.30. The summed E-state index contributed by atoms with van der Waals surface area (Å²) in [6, 6.07) is 66.8. The summed E-state index contributed by atoms with van der Waals surface area (Å²) in [4.78, 5) is 7.05. The van der Waals surface area contributed by atoms with Gasteiger partial charge in [-0.05, 0) is 116 Å². The molecule has 0 saturated heterocycles. The minimum Gasteiger partial charge on any atom is -0.310 e. The molecule has 47 heavy (non-hydrogen) atoms. The van der Waals surface area contributed by atoms with Gasteiger partial charge in [0, 0.05) is 34.1 Å². The van der Waals surface area contributed by atoms with Crippen molar-refractivity contribution in [2.24, 2.45) is 0 Å². The lowest BCUT2D eigenvalue weighted by Gasteiger charge is -2.33. The van der Waals surface area contributed by atoms with E-state index in [2.05, 4.69) is 217 Å². The van der Waals surface area contributed by atoms with E-state index in [-0.39, 0.29) is 0 Å². The zero-order valence-corrected chi connectivity index (χ0v) is 26.7. The van der Waals surface area contributed by atoms with E-state index in [9.17, 15) is 0 Å². The van der Waals surface area contributed by atoms with Crippen molar-refractivity contribution >= 4 is 51.2 Å². The SMILES string of the molecule is Cc1cccc(N(c2ccccc2)c2cc(N(c3ccccc3)c3ccccc3)cc(N(c3ccccc3)c3cccc(C)c3)c2)c1. The van der Waals surface area contributed by atoms with Crippen molar-refractivity contribution < 1.29 is 0 Å². The normalized spacial score (nSPS) is 10.8. The van der Waals surface area contributed by atoms with Gasteiger partial charge in [-0.15, -0.1) is 0 Å². The van der Waals surface area contributed by atoms with Crippen molar-refractivity contribution in [3.05, 3.63) is 199 Å². The summed E-state index contributed by atoms with van der Waals surface area (Å²) in [5.41, 5.74) is 12.1.